The third-order valence-electron chi connectivity index (χ3n) is 3.74. The van der Waals surface area contributed by atoms with Crippen molar-refractivity contribution in [2.45, 2.75) is 12.6 Å². The second kappa shape index (κ2) is 6.24. The zero-order chi connectivity index (χ0) is 15.6. The first-order chi connectivity index (χ1) is 9.93. The molecule has 1 aromatic rings. The molecule has 2 unspecified atom stereocenters. The molecule has 0 fully saturated rings. The Labute approximate surface area is 122 Å². The van der Waals surface area contributed by atoms with Crippen molar-refractivity contribution in [1.82, 2.24) is 4.90 Å². The number of hydrogen-bond acceptors (Lipinski definition) is 4. The van der Waals surface area contributed by atoms with Gasteiger partial charge in [0.25, 0.3) is 0 Å². The predicted octanol–water partition coefficient (Wildman–Crippen LogP) is 1.64. The summed E-state index contributed by atoms with van der Waals surface area (Å²) in [6, 6.07) is 2.36. The molecule has 6 heteroatoms. The van der Waals surface area contributed by atoms with Crippen molar-refractivity contribution in [2.24, 2.45) is 17.4 Å². The summed E-state index contributed by atoms with van der Waals surface area (Å²) in [5, 5.41) is 0. The van der Waals surface area contributed by atoms with Crippen LogP contribution in [0, 0.1) is 17.6 Å². The molecule has 21 heavy (non-hydrogen) atoms. The van der Waals surface area contributed by atoms with E-state index < -0.39 is 11.6 Å². The molecular formula is C15H20F2N4. The SMILES string of the molecule is CN1C=C(C=Cc2c(F)ccc(N)c2F)CC(CN)C1N. The summed E-state index contributed by atoms with van der Waals surface area (Å²) in [6.45, 7) is 0.456. The third kappa shape index (κ3) is 3.22. The lowest BCUT2D eigenvalue weighted by Gasteiger charge is -2.35. The van der Waals surface area contributed by atoms with Crippen LogP contribution in [-0.2, 0) is 0 Å². The van der Waals surface area contributed by atoms with Crippen LogP contribution >= 0.6 is 0 Å². The predicted molar refractivity (Wildman–Crippen MR) is 80.8 cm³/mol. The quantitative estimate of drug-likeness (QED) is 0.740. The van der Waals surface area contributed by atoms with E-state index in [-0.39, 0.29) is 23.3 Å². The van der Waals surface area contributed by atoms with E-state index in [9.17, 15) is 8.78 Å². The van der Waals surface area contributed by atoms with Crippen LogP contribution in [0.2, 0.25) is 0 Å². The van der Waals surface area contributed by atoms with Crippen LogP contribution in [0.15, 0.2) is 30.0 Å². The standard InChI is InChI=1S/C15H20F2N4/c1-21-8-9(6-10(7-18)15(21)20)2-3-11-12(16)4-5-13(19)14(11)17/h2-5,8,10,15H,6-7,18-20H2,1H3. The fourth-order valence-electron chi connectivity index (χ4n) is 2.42. The van der Waals surface area contributed by atoms with E-state index in [4.69, 9.17) is 17.2 Å². The highest BCUT2D eigenvalue weighted by Gasteiger charge is 2.24. The van der Waals surface area contributed by atoms with Gasteiger partial charge < -0.3 is 22.1 Å². The fraction of sp³-hybridized carbons (Fsp3) is 0.333. The summed E-state index contributed by atoms with van der Waals surface area (Å²) in [4.78, 5) is 1.85. The molecule has 1 aliphatic rings. The van der Waals surface area contributed by atoms with E-state index in [1.807, 2.05) is 18.1 Å². The van der Waals surface area contributed by atoms with Crippen molar-refractivity contribution < 1.29 is 8.78 Å². The number of nitrogens with zero attached hydrogens (tertiary/aromatic N) is 1. The van der Waals surface area contributed by atoms with Crippen molar-refractivity contribution in [2.75, 3.05) is 19.3 Å². The Hall–Kier alpha value is -1.92. The van der Waals surface area contributed by atoms with Crippen LogP contribution < -0.4 is 17.2 Å². The lowest BCUT2D eigenvalue weighted by molar-refractivity contribution is 0.223. The molecule has 0 radical (unpaired) electrons. The minimum Gasteiger partial charge on any atom is -0.396 e. The Bertz CT molecular complexity index is 583. The number of allylic oxidation sites excluding steroid dienone is 2. The number of anilines is 1. The maximum atomic E-state index is 13.8. The van der Waals surface area contributed by atoms with E-state index in [1.165, 1.54) is 12.1 Å². The minimum atomic E-state index is -0.747. The Kier molecular flexibility index (Phi) is 4.59. The highest BCUT2D eigenvalue weighted by Crippen LogP contribution is 2.25. The van der Waals surface area contributed by atoms with Gasteiger partial charge in [0.1, 0.15) is 5.82 Å². The maximum Gasteiger partial charge on any atom is 0.156 e. The molecule has 0 amide bonds. The summed E-state index contributed by atoms with van der Waals surface area (Å²) in [6.07, 6.45) is 5.45. The largest absolute Gasteiger partial charge is 0.396 e. The molecule has 0 aromatic heterocycles. The average molecular weight is 294 g/mol. The van der Waals surface area contributed by atoms with Gasteiger partial charge in [0, 0.05) is 24.7 Å². The zero-order valence-electron chi connectivity index (χ0n) is 11.9. The van der Waals surface area contributed by atoms with Crippen molar-refractivity contribution in [3.8, 4) is 0 Å². The van der Waals surface area contributed by atoms with Gasteiger partial charge in [-0.15, -0.1) is 0 Å². The smallest absolute Gasteiger partial charge is 0.156 e. The van der Waals surface area contributed by atoms with Gasteiger partial charge in [0.05, 0.1) is 11.9 Å². The molecule has 6 N–H and O–H groups in total. The van der Waals surface area contributed by atoms with Crippen molar-refractivity contribution in [3.05, 3.63) is 47.2 Å². The van der Waals surface area contributed by atoms with Crippen LogP contribution in [0.25, 0.3) is 6.08 Å². The molecule has 1 aromatic carbocycles. The summed E-state index contributed by atoms with van der Waals surface area (Å²) in [5.74, 6) is -1.28. The van der Waals surface area contributed by atoms with Crippen molar-refractivity contribution >= 4 is 11.8 Å². The van der Waals surface area contributed by atoms with Gasteiger partial charge >= 0.3 is 0 Å². The van der Waals surface area contributed by atoms with E-state index >= 15 is 0 Å². The highest BCUT2D eigenvalue weighted by atomic mass is 19.1. The normalized spacial score (nSPS) is 22.7. The average Bonchev–Trinajstić information content (AvgIpc) is 2.46. The van der Waals surface area contributed by atoms with Gasteiger partial charge in [-0.3, -0.25) is 0 Å². The van der Waals surface area contributed by atoms with E-state index in [2.05, 4.69) is 0 Å². The second-order valence-corrected chi connectivity index (χ2v) is 5.26. The number of halogens is 2. The Balaban J connectivity index is 2.26. The molecule has 0 saturated carbocycles. The monoisotopic (exact) mass is 294 g/mol. The summed E-state index contributed by atoms with van der Waals surface area (Å²) >= 11 is 0. The Morgan fingerprint density at radius 1 is 1.33 bits per heavy atom. The fourth-order valence-corrected chi connectivity index (χ4v) is 2.42. The van der Waals surface area contributed by atoms with Crippen LogP contribution in [0.5, 0.6) is 0 Å². The van der Waals surface area contributed by atoms with Gasteiger partial charge in [-0.25, -0.2) is 8.78 Å². The first-order valence-corrected chi connectivity index (χ1v) is 6.74. The van der Waals surface area contributed by atoms with E-state index in [0.717, 1.165) is 11.6 Å². The highest BCUT2D eigenvalue weighted by molar-refractivity contribution is 5.59. The summed E-state index contributed by atoms with van der Waals surface area (Å²) in [5.41, 5.74) is 17.9. The zero-order valence-corrected chi connectivity index (χ0v) is 11.9. The van der Waals surface area contributed by atoms with Crippen LogP contribution in [-0.4, -0.2) is 24.7 Å². The van der Waals surface area contributed by atoms with Gasteiger partial charge in [-0.2, -0.15) is 0 Å². The number of benzene rings is 1. The Morgan fingerprint density at radius 2 is 2.05 bits per heavy atom. The molecule has 4 nitrogen and oxygen atoms in total. The number of nitrogens with two attached hydrogens (primary N) is 3. The second-order valence-electron chi connectivity index (χ2n) is 5.26. The van der Waals surface area contributed by atoms with Crippen molar-refractivity contribution in [3.63, 3.8) is 0 Å². The molecule has 2 atom stereocenters. The molecule has 0 aliphatic carbocycles. The van der Waals surface area contributed by atoms with Gasteiger partial charge in [0.15, 0.2) is 5.82 Å². The minimum absolute atomic E-state index is 0.0763. The van der Waals surface area contributed by atoms with Gasteiger partial charge in [-0.1, -0.05) is 6.08 Å². The molecule has 0 bridgehead atoms. The van der Waals surface area contributed by atoms with Gasteiger partial charge in [0.2, 0.25) is 0 Å². The van der Waals surface area contributed by atoms with E-state index in [0.29, 0.717) is 13.0 Å². The summed E-state index contributed by atoms with van der Waals surface area (Å²) in [7, 11) is 1.85. The molecule has 114 valence electrons. The number of nitrogen functional groups attached to an aromatic ring is 1. The van der Waals surface area contributed by atoms with Gasteiger partial charge in [-0.05, 0) is 36.7 Å². The molecule has 0 saturated heterocycles. The molecular weight excluding hydrogens is 274 g/mol. The summed E-state index contributed by atoms with van der Waals surface area (Å²) < 4.78 is 27.5. The topological polar surface area (TPSA) is 81.3 Å². The molecule has 2 rings (SSSR count). The third-order valence-corrected chi connectivity index (χ3v) is 3.74. The number of rotatable bonds is 3. The lowest BCUT2D eigenvalue weighted by atomic mass is 9.92. The van der Waals surface area contributed by atoms with Crippen LogP contribution in [0.4, 0.5) is 14.5 Å². The first kappa shape index (κ1) is 15.5. The lowest BCUT2D eigenvalue weighted by Crippen LogP contribution is -2.47. The molecule has 0 spiro atoms. The first-order valence-electron chi connectivity index (χ1n) is 6.74. The van der Waals surface area contributed by atoms with Crippen molar-refractivity contribution in [1.29, 1.82) is 0 Å². The van der Waals surface area contributed by atoms with Crippen LogP contribution in [0.3, 0.4) is 0 Å². The number of hydrogen-bond donors (Lipinski definition) is 3. The van der Waals surface area contributed by atoms with Crippen LogP contribution in [0.1, 0.15) is 12.0 Å². The maximum absolute atomic E-state index is 13.8. The van der Waals surface area contributed by atoms with E-state index in [1.54, 1.807) is 6.08 Å². The molecule has 1 heterocycles. The Morgan fingerprint density at radius 3 is 2.71 bits per heavy atom. The molecule has 1 aliphatic heterocycles.